The van der Waals surface area contributed by atoms with Crippen molar-refractivity contribution >= 4 is 40.9 Å². The molecule has 0 saturated heterocycles. The molecule has 1 N–H and O–H groups in total. The first-order valence-corrected chi connectivity index (χ1v) is 11.9. The van der Waals surface area contributed by atoms with Gasteiger partial charge in [-0.1, -0.05) is 67.0 Å². The maximum absolute atomic E-state index is 12.5. The second-order valence-corrected chi connectivity index (χ2v) is 10.4. The Balaban J connectivity index is 1.80. The summed E-state index contributed by atoms with van der Waals surface area (Å²) < 4.78 is 1.91. The van der Waals surface area contributed by atoms with Gasteiger partial charge in [-0.15, -0.1) is 10.2 Å². The van der Waals surface area contributed by atoms with E-state index in [4.69, 9.17) is 23.2 Å². The van der Waals surface area contributed by atoms with Gasteiger partial charge in [0.1, 0.15) is 0 Å². The highest BCUT2D eigenvalue weighted by molar-refractivity contribution is 7.99. The molecule has 0 saturated carbocycles. The zero-order valence-electron chi connectivity index (χ0n) is 18.6. The molecule has 0 aliphatic rings. The fourth-order valence-electron chi connectivity index (χ4n) is 3.45. The second kappa shape index (κ2) is 10.7. The molecule has 170 valence electrons. The van der Waals surface area contributed by atoms with Crippen molar-refractivity contribution in [3.8, 4) is 17.1 Å². The molecular weight excluding hydrogens is 465 g/mol. The summed E-state index contributed by atoms with van der Waals surface area (Å²) in [5, 5.41) is 13.4. The Morgan fingerprint density at radius 1 is 1.12 bits per heavy atom. The third kappa shape index (κ3) is 6.48. The maximum Gasteiger partial charge on any atom is 0.230 e. The van der Waals surface area contributed by atoms with Crippen LogP contribution in [0.25, 0.3) is 17.1 Å². The molecule has 1 amide bonds. The number of halogens is 2. The summed E-state index contributed by atoms with van der Waals surface area (Å²) in [4.78, 5) is 14.6. The van der Waals surface area contributed by atoms with Gasteiger partial charge in [-0.3, -0.25) is 9.36 Å². The average molecular weight is 492 g/mol. The van der Waals surface area contributed by atoms with Crippen molar-refractivity contribution in [1.29, 1.82) is 0 Å². The molecule has 0 radical (unpaired) electrons. The summed E-state index contributed by atoms with van der Waals surface area (Å²) in [7, 11) is 4.06. The van der Waals surface area contributed by atoms with Crippen molar-refractivity contribution in [2.24, 2.45) is 5.41 Å². The van der Waals surface area contributed by atoms with E-state index in [0.29, 0.717) is 33.1 Å². The predicted molar refractivity (Wildman–Crippen MR) is 133 cm³/mol. The van der Waals surface area contributed by atoms with Gasteiger partial charge in [0.15, 0.2) is 11.0 Å². The van der Waals surface area contributed by atoms with E-state index in [0.717, 1.165) is 12.2 Å². The number of nitrogens with zero attached hydrogens (tertiary/aromatic N) is 4. The molecule has 2 aromatic carbocycles. The summed E-state index contributed by atoms with van der Waals surface area (Å²) in [5.41, 5.74) is 1.58. The molecule has 0 atom stereocenters. The summed E-state index contributed by atoms with van der Waals surface area (Å²) in [6.45, 7) is 5.75. The Morgan fingerprint density at radius 3 is 2.50 bits per heavy atom. The van der Waals surface area contributed by atoms with Crippen LogP contribution in [0.5, 0.6) is 0 Å². The standard InChI is InChI=1S/C23H27Cl2N5OS/c1-23(2,15-29(3)4)14-26-20(31)13-32-22-28-27-21(18-11-10-16(24)12-19(18)25)30(22)17-8-6-5-7-9-17/h5-12H,13-15H2,1-4H3,(H,26,31). The first-order valence-electron chi connectivity index (χ1n) is 10.2. The highest BCUT2D eigenvalue weighted by Crippen LogP contribution is 2.33. The summed E-state index contributed by atoms with van der Waals surface area (Å²) in [6, 6.07) is 15.0. The van der Waals surface area contributed by atoms with E-state index < -0.39 is 0 Å². The van der Waals surface area contributed by atoms with Crippen LogP contribution in [0.3, 0.4) is 0 Å². The Hall–Kier alpha value is -2.06. The minimum absolute atomic E-state index is 0.0214. The largest absolute Gasteiger partial charge is 0.355 e. The van der Waals surface area contributed by atoms with Crippen LogP contribution in [-0.4, -0.2) is 58.5 Å². The molecule has 0 aliphatic carbocycles. The summed E-state index contributed by atoms with van der Waals surface area (Å²) in [6.07, 6.45) is 0. The third-order valence-corrected chi connectivity index (χ3v) is 6.14. The fraction of sp³-hybridized carbons (Fsp3) is 0.348. The number of para-hydroxylation sites is 1. The van der Waals surface area contributed by atoms with Gasteiger partial charge in [-0.2, -0.15) is 0 Å². The van der Waals surface area contributed by atoms with Gasteiger partial charge in [0.05, 0.1) is 10.8 Å². The van der Waals surface area contributed by atoms with Gasteiger partial charge < -0.3 is 10.2 Å². The topological polar surface area (TPSA) is 63.1 Å². The Kier molecular flexibility index (Phi) is 8.22. The first-order chi connectivity index (χ1) is 15.2. The van der Waals surface area contributed by atoms with Gasteiger partial charge >= 0.3 is 0 Å². The number of carbonyl (C=O) groups excluding carboxylic acids is 1. The van der Waals surface area contributed by atoms with E-state index >= 15 is 0 Å². The molecule has 6 nitrogen and oxygen atoms in total. The number of aromatic nitrogens is 3. The minimum atomic E-state index is -0.0458. The first kappa shape index (κ1) is 24.6. The maximum atomic E-state index is 12.5. The Morgan fingerprint density at radius 2 is 1.84 bits per heavy atom. The number of amides is 1. The van der Waals surface area contributed by atoms with Crippen molar-refractivity contribution in [2.45, 2.75) is 19.0 Å². The SMILES string of the molecule is CN(C)CC(C)(C)CNC(=O)CSc1nnc(-c2ccc(Cl)cc2Cl)n1-c1ccccc1. The van der Waals surface area contributed by atoms with Crippen LogP contribution in [0.4, 0.5) is 0 Å². The van der Waals surface area contributed by atoms with Crippen LogP contribution >= 0.6 is 35.0 Å². The molecule has 0 bridgehead atoms. The van der Waals surface area contributed by atoms with Gasteiger partial charge in [-0.25, -0.2) is 0 Å². The zero-order chi connectivity index (χ0) is 23.3. The number of benzene rings is 2. The molecule has 3 rings (SSSR count). The predicted octanol–water partition coefficient (Wildman–Crippen LogP) is 5.04. The lowest BCUT2D eigenvalue weighted by molar-refractivity contribution is -0.119. The molecule has 1 heterocycles. The van der Waals surface area contributed by atoms with Crippen molar-refractivity contribution in [1.82, 2.24) is 25.0 Å². The summed E-state index contributed by atoms with van der Waals surface area (Å²) >= 11 is 13.8. The van der Waals surface area contributed by atoms with E-state index in [1.54, 1.807) is 12.1 Å². The van der Waals surface area contributed by atoms with Crippen LogP contribution in [0.2, 0.25) is 10.0 Å². The number of nitrogens with one attached hydrogen (secondary N) is 1. The highest BCUT2D eigenvalue weighted by Gasteiger charge is 2.22. The van der Waals surface area contributed by atoms with E-state index in [9.17, 15) is 4.79 Å². The lowest BCUT2D eigenvalue weighted by atomic mass is 9.93. The van der Waals surface area contributed by atoms with E-state index in [2.05, 4.69) is 34.3 Å². The van der Waals surface area contributed by atoms with E-state index in [1.165, 1.54) is 11.8 Å². The Labute approximate surface area is 203 Å². The smallest absolute Gasteiger partial charge is 0.230 e. The normalized spacial score (nSPS) is 11.7. The van der Waals surface area contributed by atoms with Crippen LogP contribution in [0, 0.1) is 5.41 Å². The van der Waals surface area contributed by atoms with Crippen molar-refractivity contribution < 1.29 is 4.79 Å². The van der Waals surface area contributed by atoms with Crippen molar-refractivity contribution in [2.75, 3.05) is 32.9 Å². The highest BCUT2D eigenvalue weighted by atomic mass is 35.5. The number of hydrogen-bond donors (Lipinski definition) is 1. The van der Waals surface area contributed by atoms with Crippen LogP contribution in [0.15, 0.2) is 53.7 Å². The number of rotatable bonds is 9. The van der Waals surface area contributed by atoms with Crippen molar-refractivity contribution in [3.05, 3.63) is 58.6 Å². The Bertz CT molecular complexity index is 1070. The number of carbonyl (C=O) groups is 1. The zero-order valence-corrected chi connectivity index (χ0v) is 20.9. The van der Waals surface area contributed by atoms with E-state index in [-0.39, 0.29) is 17.1 Å². The number of hydrogen-bond acceptors (Lipinski definition) is 5. The van der Waals surface area contributed by atoms with Gasteiger partial charge in [-0.05, 0) is 49.8 Å². The fourth-order valence-corrected chi connectivity index (χ4v) is 4.72. The molecule has 0 fully saturated rings. The monoisotopic (exact) mass is 491 g/mol. The second-order valence-electron chi connectivity index (χ2n) is 8.57. The molecule has 0 aliphatic heterocycles. The minimum Gasteiger partial charge on any atom is -0.355 e. The molecule has 3 aromatic rings. The average Bonchev–Trinajstić information content (AvgIpc) is 3.14. The summed E-state index contributed by atoms with van der Waals surface area (Å²) in [5.74, 6) is 0.778. The lowest BCUT2D eigenvalue weighted by Gasteiger charge is -2.28. The van der Waals surface area contributed by atoms with Crippen LogP contribution < -0.4 is 5.32 Å². The van der Waals surface area contributed by atoms with Gasteiger partial charge in [0.2, 0.25) is 5.91 Å². The molecule has 9 heteroatoms. The molecular formula is C23H27Cl2N5OS. The third-order valence-electron chi connectivity index (χ3n) is 4.66. The molecule has 0 spiro atoms. The van der Waals surface area contributed by atoms with Crippen LogP contribution in [-0.2, 0) is 4.79 Å². The quantitative estimate of drug-likeness (QED) is 0.424. The van der Waals surface area contributed by atoms with Gasteiger partial charge in [0, 0.05) is 29.4 Å². The lowest BCUT2D eigenvalue weighted by Crippen LogP contribution is -2.40. The van der Waals surface area contributed by atoms with Crippen molar-refractivity contribution in [3.63, 3.8) is 0 Å². The van der Waals surface area contributed by atoms with Crippen LogP contribution in [0.1, 0.15) is 13.8 Å². The molecule has 0 unspecified atom stereocenters. The molecule has 1 aromatic heterocycles. The van der Waals surface area contributed by atoms with Gasteiger partial charge in [0.25, 0.3) is 0 Å². The number of thioether (sulfide) groups is 1. The van der Waals surface area contributed by atoms with E-state index in [1.807, 2.05) is 55.1 Å². The molecule has 32 heavy (non-hydrogen) atoms.